The molecule has 5 atom stereocenters. The van der Waals surface area contributed by atoms with Crippen molar-refractivity contribution >= 4 is 11.9 Å². The predicted molar refractivity (Wildman–Crippen MR) is 103 cm³/mol. The van der Waals surface area contributed by atoms with E-state index in [2.05, 4.69) is 46.4 Å². The average Bonchev–Trinajstić information content (AvgIpc) is 2.63. The zero-order valence-corrected chi connectivity index (χ0v) is 17.0. The summed E-state index contributed by atoms with van der Waals surface area (Å²) in [6.07, 6.45) is 10.4. The highest BCUT2D eigenvalue weighted by atomic mass is 16.6. The zero-order valence-electron chi connectivity index (χ0n) is 17.0. The van der Waals surface area contributed by atoms with Crippen molar-refractivity contribution in [2.24, 2.45) is 28.1 Å². The SMILES string of the molecule is C=CC1(C)CC=C2C(CCC3C2(C)CCC(OC(=O)C(=O)NO)C3(C)C)C1. The van der Waals surface area contributed by atoms with Gasteiger partial charge < -0.3 is 4.74 Å². The van der Waals surface area contributed by atoms with Gasteiger partial charge in [-0.2, -0.15) is 0 Å². The molecule has 150 valence electrons. The number of rotatable bonds is 2. The number of hydroxylamine groups is 1. The van der Waals surface area contributed by atoms with E-state index in [1.54, 1.807) is 5.57 Å². The van der Waals surface area contributed by atoms with Gasteiger partial charge in [-0.05, 0) is 61.2 Å². The summed E-state index contributed by atoms with van der Waals surface area (Å²) in [4.78, 5) is 23.3. The molecule has 2 saturated carbocycles. The van der Waals surface area contributed by atoms with Gasteiger partial charge >= 0.3 is 11.9 Å². The van der Waals surface area contributed by atoms with E-state index in [1.165, 1.54) is 11.9 Å². The first-order valence-electron chi connectivity index (χ1n) is 10.1. The molecule has 3 aliphatic carbocycles. The monoisotopic (exact) mass is 375 g/mol. The second-order valence-electron chi connectivity index (χ2n) is 9.87. The number of allylic oxidation sites excluding steroid dienone is 3. The minimum absolute atomic E-state index is 0.108. The van der Waals surface area contributed by atoms with Crippen LogP contribution in [-0.2, 0) is 14.3 Å². The Labute approximate surface area is 162 Å². The summed E-state index contributed by atoms with van der Waals surface area (Å²) in [6.45, 7) is 13.0. The fourth-order valence-electron chi connectivity index (χ4n) is 6.26. The highest BCUT2D eigenvalue weighted by Crippen LogP contribution is 2.64. The predicted octanol–water partition coefficient (Wildman–Crippen LogP) is 4.17. The van der Waals surface area contributed by atoms with E-state index in [4.69, 9.17) is 9.94 Å². The van der Waals surface area contributed by atoms with Gasteiger partial charge in [0, 0.05) is 5.41 Å². The second kappa shape index (κ2) is 6.77. The van der Waals surface area contributed by atoms with Crippen molar-refractivity contribution in [1.82, 2.24) is 5.48 Å². The van der Waals surface area contributed by atoms with Crippen molar-refractivity contribution < 1.29 is 19.5 Å². The number of fused-ring (bicyclic) bond motifs is 3. The van der Waals surface area contributed by atoms with E-state index in [1.807, 2.05) is 0 Å². The van der Waals surface area contributed by atoms with Crippen LogP contribution in [0.5, 0.6) is 0 Å². The summed E-state index contributed by atoms with van der Waals surface area (Å²) >= 11 is 0. The minimum Gasteiger partial charge on any atom is -0.455 e. The Kier molecular flexibility index (Phi) is 5.04. The fraction of sp³-hybridized carbons (Fsp3) is 0.727. The molecule has 5 heteroatoms. The molecule has 0 saturated heterocycles. The van der Waals surface area contributed by atoms with Crippen LogP contribution in [0.25, 0.3) is 0 Å². The number of hydrogen-bond acceptors (Lipinski definition) is 4. The van der Waals surface area contributed by atoms with Crippen LogP contribution in [0.3, 0.4) is 0 Å². The molecule has 1 amide bonds. The molecule has 3 aliphatic rings. The first-order valence-corrected chi connectivity index (χ1v) is 10.1. The van der Waals surface area contributed by atoms with E-state index in [-0.39, 0.29) is 22.3 Å². The molecule has 2 N–H and O–H groups in total. The maximum atomic E-state index is 11.9. The number of hydrogen-bond donors (Lipinski definition) is 2. The third kappa shape index (κ3) is 3.24. The van der Waals surface area contributed by atoms with E-state index in [0.29, 0.717) is 11.8 Å². The molecular formula is C22H33NO4. The Balaban J connectivity index is 1.85. The van der Waals surface area contributed by atoms with Gasteiger partial charge in [0.2, 0.25) is 0 Å². The molecule has 0 radical (unpaired) electrons. The quantitative estimate of drug-likeness (QED) is 0.250. The Morgan fingerprint density at radius 1 is 1.26 bits per heavy atom. The smallest absolute Gasteiger partial charge is 0.399 e. The third-order valence-electron chi connectivity index (χ3n) is 7.86. The van der Waals surface area contributed by atoms with Crippen LogP contribution in [0, 0.1) is 28.1 Å². The fourth-order valence-corrected chi connectivity index (χ4v) is 6.26. The van der Waals surface area contributed by atoms with Crippen molar-refractivity contribution in [2.75, 3.05) is 0 Å². The highest BCUT2D eigenvalue weighted by molar-refractivity contribution is 6.32. The Morgan fingerprint density at radius 3 is 2.59 bits per heavy atom. The number of ether oxygens (including phenoxy) is 1. The Bertz CT molecular complexity index is 682. The van der Waals surface area contributed by atoms with Crippen LogP contribution in [0.15, 0.2) is 24.3 Å². The number of amides is 1. The highest BCUT2D eigenvalue weighted by Gasteiger charge is 2.57. The zero-order chi connectivity index (χ0) is 20.0. The van der Waals surface area contributed by atoms with Gasteiger partial charge in [-0.3, -0.25) is 10.0 Å². The molecule has 0 aromatic carbocycles. The lowest BCUT2D eigenvalue weighted by Gasteiger charge is -2.60. The lowest BCUT2D eigenvalue weighted by molar-refractivity contribution is -0.177. The first kappa shape index (κ1) is 20.1. The molecule has 5 nitrogen and oxygen atoms in total. The van der Waals surface area contributed by atoms with Crippen LogP contribution in [0.2, 0.25) is 0 Å². The minimum atomic E-state index is -1.11. The van der Waals surface area contributed by atoms with Crippen LogP contribution in [-0.4, -0.2) is 23.2 Å². The third-order valence-corrected chi connectivity index (χ3v) is 7.86. The van der Waals surface area contributed by atoms with Crippen molar-refractivity contribution in [1.29, 1.82) is 0 Å². The van der Waals surface area contributed by atoms with Gasteiger partial charge in [-0.25, -0.2) is 10.3 Å². The van der Waals surface area contributed by atoms with Gasteiger partial charge in [-0.1, -0.05) is 45.4 Å². The van der Waals surface area contributed by atoms with Gasteiger partial charge in [0.05, 0.1) is 0 Å². The van der Waals surface area contributed by atoms with Crippen molar-refractivity contribution in [2.45, 2.75) is 72.3 Å². The number of carbonyl (C=O) groups excluding carboxylic acids is 2. The van der Waals surface area contributed by atoms with Crippen LogP contribution in [0.1, 0.15) is 66.2 Å². The molecular weight excluding hydrogens is 342 g/mol. The van der Waals surface area contributed by atoms with Crippen LogP contribution < -0.4 is 5.48 Å². The Morgan fingerprint density at radius 2 is 1.96 bits per heavy atom. The van der Waals surface area contributed by atoms with E-state index in [9.17, 15) is 9.59 Å². The van der Waals surface area contributed by atoms with E-state index < -0.39 is 11.9 Å². The topological polar surface area (TPSA) is 75.6 Å². The molecule has 5 unspecified atom stereocenters. The molecule has 0 aromatic heterocycles. The first-order chi connectivity index (χ1) is 12.6. The van der Waals surface area contributed by atoms with Gasteiger partial charge in [0.1, 0.15) is 6.10 Å². The lowest BCUT2D eigenvalue weighted by atomic mass is 9.46. The maximum absolute atomic E-state index is 11.9. The normalized spacial score (nSPS) is 40.0. The van der Waals surface area contributed by atoms with Gasteiger partial charge in [0.25, 0.3) is 0 Å². The number of nitrogens with one attached hydrogen (secondary N) is 1. The van der Waals surface area contributed by atoms with Gasteiger partial charge in [0.15, 0.2) is 0 Å². The molecule has 0 aromatic rings. The molecule has 0 bridgehead atoms. The largest absolute Gasteiger partial charge is 0.455 e. The van der Waals surface area contributed by atoms with Crippen LogP contribution >= 0.6 is 0 Å². The van der Waals surface area contributed by atoms with Crippen LogP contribution in [0.4, 0.5) is 0 Å². The van der Waals surface area contributed by atoms with Crippen molar-refractivity contribution in [3.05, 3.63) is 24.3 Å². The van der Waals surface area contributed by atoms with Crippen molar-refractivity contribution in [3.8, 4) is 0 Å². The summed E-state index contributed by atoms with van der Waals surface area (Å²) in [6, 6.07) is 0. The maximum Gasteiger partial charge on any atom is 0.399 e. The average molecular weight is 376 g/mol. The summed E-state index contributed by atoms with van der Waals surface area (Å²) in [5.74, 6) is -1.12. The van der Waals surface area contributed by atoms with Gasteiger partial charge in [-0.15, -0.1) is 6.58 Å². The lowest BCUT2D eigenvalue weighted by Crippen LogP contribution is -2.55. The summed E-state index contributed by atoms with van der Waals surface area (Å²) < 4.78 is 5.50. The molecule has 0 aliphatic heterocycles. The molecule has 0 spiro atoms. The summed E-state index contributed by atoms with van der Waals surface area (Å²) in [5, 5.41) is 8.67. The molecule has 27 heavy (non-hydrogen) atoms. The number of carbonyl (C=O) groups is 2. The molecule has 0 heterocycles. The van der Waals surface area contributed by atoms with Crippen molar-refractivity contribution in [3.63, 3.8) is 0 Å². The standard InChI is InChI=1S/C22H33NO4/c1-6-21(4)11-9-15-14(13-21)7-8-16-20(2,3)17(10-12-22(15,16)5)27-19(25)18(24)23-26/h6,9,14,16-17,26H,1,7-8,10-13H2,2-5H3,(H,23,24). The second-order valence-corrected chi connectivity index (χ2v) is 9.87. The molecule has 2 fully saturated rings. The Hall–Kier alpha value is -1.62. The summed E-state index contributed by atoms with van der Waals surface area (Å²) in [7, 11) is 0. The molecule has 3 rings (SSSR count). The van der Waals surface area contributed by atoms with E-state index >= 15 is 0 Å². The summed E-state index contributed by atoms with van der Waals surface area (Å²) in [5.41, 5.74) is 3.02. The van der Waals surface area contributed by atoms with E-state index in [0.717, 1.165) is 32.1 Å². The number of esters is 1.